The van der Waals surface area contributed by atoms with E-state index in [4.69, 9.17) is 31.4 Å². The second-order valence-corrected chi connectivity index (χ2v) is 20.6. The van der Waals surface area contributed by atoms with Crippen LogP contribution in [-0.2, 0) is 14.2 Å². The molecule has 0 spiro atoms. The van der Waals surface area contributed by atoms with Gasteiger partial charge < -0.3 is 36.7 Å². The maximum atomic E-state index is 7.08. The molecular weight excluding hydrogens is 717 g/mol. The number of hydrogen-bond acceptors (Lipinski definition) is 7. The van der Waals surface area contributed by atoms with Gasteiger partial charge in [0.15, 0.2) is 0 Å². The predicted molar refractivity (Wildman–Crippen MR) is 247 cm³/mol. The summed E-state index contributed by atoms with van der Waals surface area (Å²) >= 11 is 0. The fraction of sp³-hybridized carbons (Fsp3) is 1.00. The Morgan fingerprint density at radius 1 is 0.586 bits per heavy atom. The van der Waals surface area contributed by atoms with Gasteiger partial charge >= 0.3 is 0 Å². The number of nitrogens with one attached hydrogen (secondary N) is 1. The molecule has 7 nitrogen and oxygen atoms in total. The van der Waals surface area contributed by atoms with Gasteiger partial charge in [0.1, 0.15) is 0 Å². The van der Waals surface area contributed by atoms with Crippen LogP contribution in [-0.4, -0.2) is 70.9 Å². The summed E-state index contributed by atoms with van der Waals surface area (Å²) < 4.78 is 20.5. The first-order valence-corrected chi connectivity index (χ1v) is 26.0. The van der Waals surface area contributed by atoms with E-state index in [9.17, 15) is 0 Å². The van der Waals surface area contributed by atoms with Crippen LogP contribution >= 0.6 is 0 Å². The van der Waals surface area contributed by atoms with Crippen LogP contribution in [0.1, 0.15) is 207 Å². The van der Waals surface area contributed by atoms with E-state index in [1.54, 1.807) is 0 Å². The van der Waals surface area contributed by atoms with E-state index in [0.717, 1.165) is 52.0 Å². The Kier molecular flexibility index (Phi) is 24.7. The molecular formula is C51H100N4O3. The summed E-state index contributed by atoms with van der Waals surface area (Å²) in [6, 6.07) is 0. The monoisotopic (exact) mass is 817 g/mol. The number of unbranched alkanes of at least 4 members (excludes halogenated alkanes) is 15. The van der Waals surface area contributed by atoms with Gasteiger partial charge in [-0.3, -0.25) is 0 Å². The molecule has 4 fully saturated rings. The summed E-state index contributed by atoms with van der Waals surface area (Å²) in [6.45, 7) is 17.0. The molecule has 4 aliphatic rings. The van der Waals surface area contributed by atoms with Crippen molar-refractivity contribution in [3.63, 3.8) is 0 Å². The molecule has 7 N–H and O–H groups in total. The van der Waals surface area contributed by atoms with Crippen molar-refractivity contribution in [2.24, 2.45) is 63.5 Å². The standard InChI is InChI=1S/C51H100N4O3/c1-5-6-7-8-9-10-11-12-13-14-15-16-17-18-19-20-33-55-34-21-25-41(2)44-26-27-45-49-46(40-48(51(44,45)4)58-37-24-32-54)50(3)29-28-43(56-35-22-30-52)38-42(50)39-47(49)57-36-23-31-53/h41-49,55H,5-40,52-54H2,1-4H3/t41?,42?,43-,44?,45+,46+,47-,48+,49?,50?,51?/m1/s1. The van der Waals surface area contributed by atoms with Gasteiger partial charge in [0.2, 0.25) is 0 Å². The van der Waals surface area contributed by atoms with E-state index in [0.29, 0.717) is 78.9 Å². The van der Waals surface area contributed by atoms with Crippen LogP contribution in [0, 0.1) is 46.3 Å². The molecule has 0 aliphatic heterocycles. The number of nitrogens with two attached hydrogens (primary N) is 3. The Bertz CT molecular complexity index is 1030. The first-order chi connectivity index (χ1) is 28.3. The smallest absolute Gasteiger partial charge is 0.0637 e. The van der Waals surface area contributed by atoms with Crippen molar-refractivity contribution in [3.05, 3.63) is 0 Å². The van der Waals surface area contributed by atoms with Crippen LogP contribution in [0.25, 0.3) is 0 Å². The average molecular weight is 817 g/mol. The van der Waals surface area contributed by atoms with Crippen molar-refractivity contribution >= 4 is 0 Å². The van der Waals surface area contributed by atoms with Crippen LogP contribution in [0.4, 0.5) is 0 Å². The van der Waals surface area contributed by atoms with Gasteiger partial charge in [-0.25, -0.2) is 0 Å². The first kappa shape index (κ1) is 50.4. The van der Waals surface area contributed by atoms with Crippen molar-refractivity contribution < 1.29 is 14.2 Å². The quantitative estimate of drug-likeness (QED) is 0.0478. The fourth-order valence-electron chi connectivity index (χ4n) is 13.3. The second kappa shape index (κ2) is 28.4. The van der Waals surface area contributed by atoms with Crippen LogP contribution in [0.5, 0.6) is 0 Å². The van der Waals surface area contributed by atoms with Gasteiger partial charge in [0.05, 0.1) is 18.3 Å². The lowest BCUT2D eigenvalue weighted by molar-refractivity contribution is -0.227. The summed E-state index contributed by atoms with van der Waals surface area (Å²) in [5.41, 5.74) is 18.4. The van der Waals surface area contributed by atoms with Crippen molar-refractivity contribution in [1.82, 2.24) is 5.32 Å². The second-order valence-electron chi connectivity index (χ2n) is 20.6. The van der Waals surface area contributed by atoms with Crippen LogP contribution in [0.3, 0.4) is 0 Å². The van der Waals surface area contributed by atoms with E-state index in [1.165, 1.54) is 161 Å². The van der Waals surface area contributed by atoms with Crippen molar-refractivity contribution in [2.45, 2.75) is 226 Å². The molecule has 0 bridgehead atoms. The van der Waals surface area contributed by atoms with Crippen LogP contribution in [0.2, 0.25) is 0 Å². The van der Waals surface area contributed by atoms with E-state index >= 15 is 0 Å². The number of hydrogen-bond donors (Lipinski definition) is 4. The molecule has 0 aromatic carbocycles. The zero-order chi connectivity index (χ0) is 41.5. The topological polar surface area (TPSA) is 118 Å². The molecule has 0 aromatic heterocycles. The van der Waals surface area contributed by atoms with Gasteiger partial charge in [-0.05, 0) is 157 Å². The lowest BCUT2D eigenvalue weighted by Gasteiger charge is -2.65. The van der Waals surface area contributed by atoms with E-state index in [2.05, 4.69) is 33.0 Å². The van der Waals surface area contributed by atoms with Crippen LogP contribution in [0.15, 0.2) is 0 Å². The SMILES string of the molecule is CCCCCCCCCCCCCCCCCCNCCCC(C)C1CC[C@H]2C3[C@H](OCCCN)CC4C[C@H](OCCCN)CCC4(C)[C@H]3C[C@H](OCCCN)C12C. The zero-order valence-corrected chi connectivity index (χ0v) is 39.1. The molecule has 4 saturated carbocycles. The Morgan fingerprint density at radius 2 is 1.14 bits per heavy atom. The molecule has 4 rings (SSSR count). The molecule has 7 heteroatoms. The molecule has 0 aromatic rings. The predicted octanol–water partition coefficient (Wildman–Crippen LogP) is 11.3. The molecule has 11 atom stereocenters. The molecule has 0 amide bonds. The Labute approximate surface area is 360 Å². The van der Waals surface area contributed by atoms with Gasteiger partial charge in [0.25, 0.3) is 0 Å². The summed E-state index contributed by atoms with van der Waals surface area (Å²) in [4.78, 5) is 0. The Balaban J connectivity index is 1.22. The largest absolute Gasteiger partial charge is 0.378 e. The lowest BCUT2D eigenvalue weighted by atomic mass is 9.43. The summed E-state index contributed by atoms with van der Waals surface area (Å²) in [6.07, 6.45) is 37.9. The van der Waals surface area contributed by atoms with Crippen molar-refractivity contribution in [3.8, 4) is 0 Å². The third-order valence-corrected chi connectivity index (χ3v) is 16.7. The van der Waals surface area contributed by atoms with Crippen molar-refractivity contribution in [2.75, 3.05) is 52.5 Å². The zero-order valence-electron chi connectivity index (χ0n) is 39.1. The summed E-state index contributed by atoms with van der Waals surface area (Å²) in [7, 11) is 0. The minimum Gasteiger partial charge on any atom is -0.378 e. The first-order valence-electron chi connectivity index (χ1n) is 26.0. The molecule has 0 radical (unpaired) electrons. The Morgan fingerprint density at radius 3 is 1.74 bits per heavy atom. The highest BCUT2D eigenvalue weighted by Crippen LogP contribution is 2.69. The summed E-state index contributed by atoms with van der Waals surface area (Å²) in [5, 5.41) is 3.83. The molecule has 6 unspecified atom stereocenters. The van der Waals surface area contributed by atoms with Gasteiger partial charge in [-0.1, -0.05) is 124 Å². The summed E-state index contributed by atoms with van der Waals surface area (Å²) in [5.74, 6) is 3.91. The van der Waals surface area contributed by atoms with E-state index in [1.807, 2.05) is 0 Å². The maximum absolute atomic E-state index is 7.08. The molecule has 342 valence electrons. The van der Waals surface area contributed by atoms with Gasteiger partial charge in [-0.15, -0.1) is 0 Å². The highest BCUT2D eigenvalue weighted by Gasteiger charge is 2.66. The van der Waals surface area contributed by atoms with E-state index < -0.39 is 0 Å². The number of ether oxygens (including phenoxy) is 3. The average Bonchev–Trinajstić information content (AvgIpc) is 3.58. The van der Waals surface area contributed by atoms with Crippen LogP contribution < -0.4 is 22.5 Å². The minimum absolute atomic E-state index is 0.178. The van der Waals surface area contributed by atoms with Gasteiger partial charge in [0, 0.05) is 25.2 Å². The third-order valence-electron chi connectivity index (χ3n) is 16.7. The highest BCUT2D eigenvalue weighted by molar-refractivity contribution is 5.15. The lowest BCUT2D eigenvalue weighted by Crippen LogP contribution is -2.63. The normalized spacial score (nSPS) is 32.5. The molecule has 0 heterocycles. The number of rotatable bonds is 34. The number of fused-ring (bicyclic) bond motifs is 5. The fourth-order valence-corrected chi connectivity index (χ4v) is 13.3. The van der Waals surface area contributed by atoms with Crippen molar-refractivity contribution in [1.29, 1.82) is 0 Å². The third kappa shape index (κ3) is 14.9. The van der Waals surface area contributed by atoms with Gasteiger partial charge in [-0.2, -0.15) is 0 Å². The molecule has 4 aliphatic carbocycles. The highest BCUT2D eigenvalue weighted by atomic mass is 16.5. The van der Waals surface area contributed by atoms with E-state index in [-0.39, 0.29) is 5.41 Å². The molecule has 58 heavy (non-hydrogen) atoms. The Hall–Kier alpha value is -0.280. The maximum Gasteiger partial charge on any atom is 0.0637 e. The molecule has 0 saturated heterocycles. The minimum atomic E-state index is 0.178.